The van der Waals surface area contributed by atoms with Gasteiger partial charge in [-0.15, -0.1) is 0 Å². The van der Waals surface area contributed by atoms with Gasteiger partial charge in [0.2, 0.25) is 5.88 Å². The van der Waals surface area contributed by atoms with Crippen LogP contribution in [-0.4, -0.2) is 51.5 Å². The van der Waals surface area contributed by atoms with Crippen molar-refractivity contribution in [3.8, 4) is 5.88 Å². The summed E-state index contributed by atoms with van der Waals surface area (Å²) in [6, 6.07) is 15.3. The first-order valence-electron chi connectivity index (χ1n) is 11.8. The van der Waals surface area contributed by atoms with Gasteiger partial charge in [-0.3, -0.25) is 9.59 Å². The smallest absolute Gasteiger partial charge is 0.276 e. The van der Waals surface area contributed by atoms with Crippen LogP contribution in [0.1, 0.15) is 50.7 Å². The highest BCUT2D eigenvalue weighted by Gasteiger charge is 2.25. The van der Waals surface area contributed by atoms with E-state index >= 15 is 0 Å². The summed E-state index contributed by atoms with van der Waals surface area (Å²) in [5.41, 5.74) is 4.56. The largest absolute Gasteiger partial charge is 0.481 e. The van der Waals surface area contributed by atoms with Crippen LogP contribution in [0.4, 0.5) is 5.69 Å². The van der Waals surface area contributed by atoms with E-state index in [0.717, 1.165) is 34.1 Å². The van der Waals surface area contributed by atoms with Crippen LogP contribution in [-0.2, 0) is 0 Å². The molecule has 4 aromatic rings. The molecule has 9 heteroatoms. The first kappa shape index (κ1) is 24.0. The lowest BCUT2D eigenvalue weighted by Crippen LogP contribution is -2.38. The molecular weight excluding hydrogens is 522 g/mol. The first-order chi connectivity index (χ1) is 17.4. The molecule has 36 heavy (non-hydrogen) atoms. The third-order valence-electron chi connectivity index (χ3n) is 6.55. The van der Waals surface area contributed by atoms with Crippen molar-refractivity contribution < 1.29 is 14.3 Å². The fourth-order valence-electron chi connectivity index (χ4n) is 4.60. The van der Waals surface area contributed by atoms with Crippen LogP contribution in [0.15, 0.2) is 65.4 Å². The van der Waals surface area contributed by atoms with E-state index in [9.17, 15) is 9.59 Å². The molecule has 0 radical (unpaired) electrons. The fourth-order valence-corrected chi connectivity index (χ4v) is 4.96. The Bertz CT molecular complexity index is 1430. The highest BCUT2D eigenvalue weighted by Crippen LogP contribution is 2.30. The molecule has 1 saturated heterocycles. The van der Waals surface area contributed by atoms with Crippen LogP contribution < -0.4 is 10.1 Å². The Labute approximate surface area is 217 Å². The Hall–Kier alpha value is -3.72. The van der Waals surface area contributed by atoms with Crippen molar-refractivity contribution in [1.82, 2.24) is 19.5 Å². The molecule has 0 spiro atoms. The maximum atomic E-state index is 12.9. The van der Waals surface area contributed by atoms with Gasteiger partial charge in [0, 0.05) is 41.2 Å². The van der Waals surface area contributed by atoms with Gasteiger partial charge in [0.1, 0.15) is 0 Å². The van der Waals surface area contributed by atoms with Gasteiger partial charge in [0.15, 0.2) is 5.69 Å². The van der Waals surface area contributed by atoms with Gasteiger partial charge in [0.05, 0.1) is 18.2 Å². The second kappa shape index (κ2) is 10.1. The van der Waals surface area contributed by atoms with Crippen molar-refractivity contribution in [1.29, 1.82) is 0 Å². The van der Waals surface area contributed by atoms with Gasteiger partial charge < -0.3 is 15.0 Å². The molecule has 2 amide bonds. The minimum atomic E-state index is -0.252. The van der Waals surface area contributed by atoms with Crippen molar-refractivity contribution >= 4 is 38.9 Å². The molecule has 5 rings (SSSR count). The van der Waals surface area contributed by atoms with E-state index in [-0.39, 0.29) is 11.8 Å². The van der Waals surface area contributed by atoms with E-state index in [1.165, 1.54) is 5.56 Å². The quantitative estimate of drug-likeness (QED) is 0.376. The molecule has 1 aliphatic rings. The number of fused-ring (bicyclic) bond motifs is 1. The number of ether oxygens (including phenoxy) is 1. The number of halogens is 1. The maximum Gasteiger partial charge on any atom is 0.276 e. The topological polar surface area (TPSA) is 88.8 Å². The second-order valence-electron chi connectivity index (χ2n) is 8.94. The lowest BCUT2D eigenvalue weighted by Gasteiger charge is -2.32. The molecule has 1 aromatic carbocycles. The second-order valence-corrected chi connectivity index (χ2v) is 9.85. The van der Waals surface area contributed by atoms with Crippen molar-refractivity contribution in [2.24, 2.45) is 0 Å². The number of likely N-dealkylation sites (tertiary alicyclic amines) is 1. The van der Waals surface area contributed by atoms with Crippen LogP contribution in [0.25, 0.3) is 5.52 Å². The number of rotatable bonds is 5. The number of methoxy groups -OCH3 is 1. The van der Waals surface area contributed by atoms with Crippen molar-refractivity contribution in [2.45, 2.75) is 25.7 Å². The Kier molecular flexibility index (Phi) is 6.73. The van der Waals surface area contributed by atoms with Gasteiger partial charge in [0.25, 0.3) is 11.8 Å². The number of hydrogen-bond donors (Lipinski definition) is 1. The highest BCUT2D eigenvalue weighted by atomic mass is 79.9. The molecule has 0 atom stereocenters. The minimum absolute atomic E-state index is 0.00377. The number of carbonyl (C=O) groups is 2. The molecule has 0 unspecified atom stereocenters. The Morgan fingerprint density at radius 2 is 1.83 bits per heavy atom. The molecule has 0 aliphatic carbocycles. The van der Waals surface area contributed by atoms with Crippen LogP contribution in [0.3, 0.4) is 0 Å². The number of nitrogens with one attached hydrogen (secondary N) is 1. The van der Waals surface area contributed by atoms with Gasteiger partial charge in [-0.1, -0.05) is 28.1 Å². The average Bonchev–Trinajstić information content (AvgIpc) is 3.32. The molecule has 8 nitrogen and oxygen atoms in total. The number of amides is 2. The molecule has 1 N–H and O–H groups in total. The highest BCUT2D eigenvalue weighted by molar-refractivity contribution is 9.10. The number of aryl methyl sites for hydroxylation is 1. The average molecular weight is 548 g/mol. The summed E-state index contributed by atoms with van der Waals surface area (Å²) in [6.45, 7) is 3.27. The maximum absolute atomic E-state index is 12.9. The molecule has 0 bridgehead atoms. The number of carbonyl (C=O) groups excluding carboxylic acids is 2. The number of piperidine rings is 1. The van der Waals surface area contributed by atoms with E-state index < -0.39 is 0 Å². The summed E-state index contributed by atoms with van der Waals surface area (Å²) in [6.07, 6.45) is 5.16. The molecule has 184 valence electrons. The van der Waals surface area contributed by atoms with E-state index in [2.05, 4.69) is 43.5 Å². The molecule has 0 saturated carbocycles. The summed E-state index contributed by atoms with van der Waals surface area (Å²) in [5.74, 6) is 0.657. The van der Waals surface area contributed by atoms with Gasteiger partial charge in [-0.05, 0) is 67.6 Å². The number of nitrogens with zero attached hydrogens (tertiary/aromatic N) is 4. The van der Waals surface area contributed by atoms with Crippen LogP contribution in [0.2, 0.25) is 0 Å². The first-order valence-corrected chi connectivity index (χ1v) is 12.6. The predicted octanol–water partition coefficient (Wildman–Crippen LogP) is 5.08. The Morgan fingerprint density at radius 3 is 2.53 bits per heavy atom. The van der Waals surface area contributed by atoms with Crippen molar-refractivity contribution in [3.05, 3.63) is 87.8 Å². The zero-order valence-electron chi connectivity index (χ0n) is 20.1. The third kappa shape index (κ3) is 4.97. The normalized spacial score (nSPS) is 14.1. The summed E-state index contributed by atoms with van der Waals surface area (Å²) < 4.78 is 7.80. The molecule has 1 aliphatic heterocycles. The fraction of sp³-hybridized carbons (Fsp3) is 0.259. The van der Waals surface area contributed by atoms with Crippen LogP contribution >= 0.6 is 15.9 Å². The van der Waals surface area contributed by atoms with E-state index in [1.54, 1.807) is 30.1 Å². The SMILES string of the molecule is COc1ncc(C(=O)N2CCC(c3ccc(NC(=O)c4cc5cc(Br)ccn5n4)cc3)CC2)cc1C. The van der Waals surface area contributed by atoms with E-state index in [4.69, 9.17) is 4.74 Å². The van der Waals surface area contributed by atoms with Crippen molar-refractivity contribution in [2.75, 3.05) is 25.5 Å². The van der Waals surface area contributed by atoms with Gasteiger partial charge in [-0.25, -0.2) is 9.50 Å². The number of aromatic nitrogens is 3. The lowest BCUT2D eigenvalue weighted by atomic mass is 9.89. The predicted molar refractivity (Wildman–Crippen MR) is 141 cm³/mol. The zero-order chi connectivity index (χ0) is 25.2. The Balaban J connectivity index is 1.18. The Morgan fingerprint density at radius 1 is 1.08 bits per heavy atom. The van der Waals surface area contributed by atoms with Crippen molar-refractivity contribution in [3.63, 3.8) is 0 Å². The zero-order valence-corrected chi connectivity index (χ0v) is 21.7. The molecular formula is C27H26BrN5O3. The number of pyridine rings is 2. The summed E-state index contributed by atoms with van der Waals surface area (Å²) in [4.78, 5) is 31.7. The van der Waals surface area contributed by atoms with Gasteiger partial charge >= 0.3 is 0 Å². The van der Waals surface area contributed by atoms with Gasteiger partial charge in [-0.2, -0.15) is 5.10 Å². The lowest BCUT2D eigenvalue weighted by molar-refractivity contribution is 0.0712. The summed E-state index contributed by atoms with van der Waals surface area (Å²) in [7, 11) is 1.57. The monoisotopic (exact) mass is 547 g/mol. The molecule has 1 fully saturated rings. The third-order valence-corrected chi connectivity index (χ3v) is 7.04. The summed E-state index contributed by atoms with van der Waals surface area (Å²) in [5, 5.41) is 7.26. The minimum Gasteiger partial charge on any atom is -0.481 e. The number of hydrogen-bond acceptors (Lipinski definition) is 5. The van der Waals surface area contributed by atoms with E-state index in [0.29, 0.717) is 36.1 Å². The standard InChI is InChI=1S/C27H26BrN5O3/c1-17-13-20(16-29-26(17)36-2)27(35)32-10-7-19(8-11-32)18-3-5-22(6-4-18)30-25(34)24-15-23-14-21(28)9-12-33(23)31-24/h3-6,9,12-16,19H,7-8,10-11H2,1-2H3,(H,30,34). The molecule has 4 heterocycles. The number of benzene rings is 1. The summed E-state index contributed by atoms with van der Waals surface area (Å²) >= 11 is 3.43. The molecule has 3 aromatic heterocycles. The van der Waals surface area contributed by atoms with Crippen LogP contribution in [0.5, 0.6) is 5.88 Å². The van der Waals surface area contributed by atoms with E-state index in [1.807, 2.05) is 42.2 Å². The van der Waals surface area contributed by atoms with Crippen LogP contribution in [0, 0.1) is 6.92 Å². The number of anilines is 1.